The van der Waals surface area contributed by atoms with Crippen molar-refractivity contribution in [2.24, 2.45) is 0 Å². The number of carbonyl (C=O) groups is 6. The second-order valence-corrected chi connectivity index (χ2v) is 9.77. The van der Waals surface area contributed by atoms with Crippen LogP contribution < -0.4 is 16.1 Å². The van der Waals surface area contributed by atoms with E-state index < -0.39 is 23.9 Å². The molecule has 2 aromatic carbocycles. The van der Waals surface area contributed by atoms with Crippen LogP contribution in [0.15, 0.2) is 36.4 Å². The van der Waals surface area contributed by atoms with E-state index in [9.17, 15) is 28.8 Å². The lowest BCUT2D eigenvalue weighted by atomic mass is 9.96. The fourth-order valence-electron chi connectivity index (χ4n) is 4.84. The number of amides is 5. The van der Waals surface area contributed by atoms with E-state index >= 15 is 0 Å². The molecule has 1 saturated heterocycles. The maximum Gasteiger partial charge on any atom is 0.533 e. The molecule has 1 unspecified atom stereocenters. The Bertz CT molecular complexity index is 1410. The van der Waals surface area contributed by atoms with Crippen molar-refractivity contribution in [1.29, 1.82) is 0 Å². The summed E-state index contributed by atoms with van der Waals surface area (Å²) in [4.78, 5) is 82.3. The molecule has 4 rings (SSSR count). The number of nitrogens with one attached hydrogen (secondary N) is 3. The van der Waals surface area contributed by atoms with Gasteiger partial charge in [-0.1, -0.05) is 17.2 Å². The molecule has 228 valence electrons. The molecule has 1 atom stereocenters. The van der Waals surface area contributed by atoms with Gasteiger partial charge in [0.25, 0.3) is 17.7 Å². The quantitative estimate of drug-likeness (QED) is 0.134. The molecule has 3 N–H and O–H groups in total. The Kier molecular flexibility index (Phi) is 10.4. The second-order valence-electron chi connectivity index (χ2n) is 9.77. The summed E-state index contributed by atoms with van der Waals surface area (Å²) in [5.74, 6) is -2.79. The standard InChI is InChI=1S/C29H32N4O10/c1-40-13-12-30-28(38)17-6-8-19-20-9-7-18(31-24(34)4-3-5-25(35)32-41-2)15-22(20)23(21(19)14-17)16-42-29(39)43-33-26(36)10-11-27(33)37/h6-9,14-15,23H,3-5,10-13,16H2,1-2H3,(H,30,38)(H,31,34)(H,32,35). The largest absolute Gasteiger partial charge is 0.533 e. The zero-order valence-corrected chi connectivity index (χ0v) is 23.7. The third-order valence-electron chi connectivity index (χ3n) is 6.84. The summed E-state index contributed by atoms with van der Waals surface area (Å²) < 4.78 is 10.3. The molecule has 0 bridgehead atoms. The van der Waals surface area contributed by atoms with Gasteiger partial charge in [0, 0.05) is 56.5 Å². The number of imide groups is 1. The highest BCUT2D eigenvalue weighted by Gasteiger charge is 2.35. The van der Waals surface area contributed by atoms with Crippen LogP contribution in [-0.4, -0.2) is 74.7 Å². The van der Waals surface area contributed by atoms with Crippen LogP contribution in [0, 0.1) is 0 Å². The summed E-state index contributed by atoms with van der Waals surface area (Å²) in [6.07, 6.45) is -0.810. The summed E-state index contributed by atoms with van der Waals surface area (Å²) in [6, 6.07) is 10.5. The smallest absolute Gasteiger partial charge is 0.432 e. The average Bonchev–Trinajstić information content (AvgIpc) is 3.46. The van der Waals surface area contributed by atoms with Crippen LogP contribution >= 0.6 is 0 Å². The molecule has 2 aliphatic rings. The molecule has 14 nitrogen and oxygen atoms in total. The van der Waals surface area contributed by atoms with Crippen molar-refractivity contribution in [3.05, 3.63) is 53.1 Å². The zero-order chi connectivity index (χ0) is 30.9. The minimum atomic E-state index is -1.23. The van der Waals surface area contributed by atoms with Crippen LogP contribution in [0.2, 0.25) is 0 Å². The maximum atomic E-state index is 12.7. The predicted octanol–water partition coefficient (Wildman–Crippen LogP) is 2.18. The lowest BCUT2D eigenvalue weighted by Gasteiger charge is -2.17. The molecule has 1 heterocycles. The van der Waals surface area contributed by atoms with Crippen LogP contribution in [0.1, 0.15) is 59.5 Å². The topological polar surface area (TPSA) is 179 Å². The molecule has 43 heavy (non-hydrogen) atoms. The van der Waals surface area contributed by atoms with Gasteiger partial charge < -0.3 is 20.1 Å². The molecule has 14 heteroatoms. The number of hydrogen-bond donors (Lipinski definition) is 3. The van der Waals surface area contributed by atoms with Gasteiger partial charge in [-0.15, -0.1) is 0 Å². The van der Waals surface area contributed by atoms with E-state index in [1.807, 2.05) is 6.07 Å². The van der Waals surface area contributed by atoms with Crippen LogP contribution in [0.25, 0.3) is 11.1 Å². The Morgan fingerprint density at radius 3 is 2.28 bits per heavy atom. The Morgan fingerprint density at radius 2 is 1.58 bits per heavy atom. The summed E-state index contributed by atoms with van der Waals surface area (Å²) in [7, 11) is 2.86. The van der Waals surface area contributed by atoms with Gasteiger partial charge in [-0.2, -0.15) is 0 Å². The van der Waals surface area contributed by atoms with E-state index in [-0.39, 0.29) is 50.0 Å². The SMILES string of the molecule is COCCNC(=O)c1ccc2c(c1)C(COC(=O)ON1C(=O)CCC1=O)c1cc(NC(=O)CCCC(=O)NOC)ccc1-2. The number of ether oxygens (including phenoxy) is 2. The van der Waals surface area contributed by atoms with Gasteiger partial charge >= 0.3 is 6.16 Å². The average molecular weight is 597 g/mol. The number of rotatable bonds is 13. The van der Waals surface area contributed by atoms with E-state index in [0.717, 1.165) is 11.1 Å². The van der Waals surface area contributed by atoms with E-state index in [1.54, 1.807) is 30.3 Å². The molecule has 1 aliphatic carbocycles. The highest BCUT2D eigenvalue weighted by molar-refractivity contribution is 6.01. The van der Waals surface area contributed by atoms with Gasteiger partial charge in [0.15, 0.2) is 0 Å². The normalized spacial score (nSPS) is 15.0. The van der Waals surface area contributed by atoms with E-state index in [2.05, 4.69) is 21.0 Å². The molecular weight excluding hydrogens is 564 g/mol. The summed E-state index contributed by atoms with van der Waals surface area (Å²) >= 11 is 0. The molecule has 0 aromatic heterocycles. The van der Waals surface area contributed by atoms with Crippen LogP contribution in [-0.2, 0) is 38.3 Å². The van der Waals surface area contributed by atoms with Gasteiger partial charge in [0.2, 0.25) is 11.8 Å². The van der Waals surface area contributed by atoms with Gasteiger partial charge in [0.05, 0.1) is 13.7 Å². The number of hydroxylamine groups is 3. The zero-order valence-electron chi connectivity index (χ0n) is 23.7. The molecule has 2 aromatic rings. The number of hydrogen-bond acceptors (Lipinski definition) is 10. The Morgan fingerprint density at radius 1 is 0.907 bits per heavy atom. The lowest BCUT2D eigenvalue weighted by Crippen LogP contribution is -2.32. The van der Waals surface area contributed by atoms with Crippen molar-refractivity contribution < 1.29 is 47.9 Å². The van der Waals surface area contributed by atoms with E-state index in [4.69, 9.17) is 14.3 Å². The second kappa shape index (κ2) is 14.4. The molecule has 0 radical (unpaired) electrons. The Hall–Kier alpha value is -4.82. The Balaban J connectivity index is 1.52. The highest BCUT2D eigenvalue weighted by Crippen LogP contribution is 2.46. The van der Waals surface area contributed by atoms with E-state index in [1.165, 1.54) is 14.2 Å². The van der Waals surface area contributed by atoms with Gasteiger partial charge in [-0.25, -0.2) is 10.3 Å². The molecular formula is C29H32N4O10. The molecule has 0 saturated carbocycles. The number of anilines is 1. The fraction of sp³-hybridized carbons (Fsp3) is 0.379. The predicted molar refractivity (Wildman–Crippen MR) is 149 cm³/mol. The first-order valence-corrected chi connectivity index (χ1v) is 13.6. The minimum absolute atomic E-state index is 0.0560. The van der Waals surface area contributed by atoms with Crippen molar-refractivity contribution in [2.45, 2.75) is 38.0 Å². The maximum absolute atomic E-state index is 12.7. The van der Waals surface area contributed by atoms with Gasteiger partial charge in [-0.3, -0.25) is 33.6 Å². The highest BCUT2D eigenvalue weighted by atomic mass is 16.8. The number of methoxy groups -OCH3 is 1. The summed E-state index contributed by atoms with van der Waals surface area (Å²) in [5, 5.41) is 5.98. The van der Waals surface area contributed by atoms with Crippen LogP contribution in [0.4, 0.5) is 10.5 Å². The molecule has 5 amide bonds. The number of carbonyl (C=O) groups excluding carboxylic acids is 6. The number of benzene rings is 2. The summed E-state index contributed by atoms with van der Waals surface area (Å²) in [6.45, 7) is 0.423. The van der Waals surface area contributed by atoms with Crippen molar-refractivity contribution in [3.63, 3.8) is 0 Å². The lowest BCUT2D eigenvalue weighted by molar-refractivity contribution is -0.177. The first kappa shape index (κ1) is 31.1. The fourth-order valence-corrected chi connectivity index (χ4v) is 4.84. The Labute approximate surface area is 246 Å². The van der Waals surface area contributed by atoms with Crippen molar-refractivity contribution >= 4 is 41.4 Å². The van der Waals surface area contributed by atoms with Crippen molar-refractivity contribution in [1.82, 2.24) is 15.9 Å². The molecule has 0 spiro atoms. The minimum Gasteiger partial charge on any atom is -0.432 e. The van der Waals surface area contributed by atoms with Crippen molar-refractivity contribution in [3.8, 4) is 11.1 Å². The first-order chi connectivity index (χ1) is 20.7. The molecule has 1 aliphatic heterocycles. The first-order valence-electron chi connectivity index (χ1n) is 13.6. The number of nitrogens with zero attached hydrogens (tertiary/aromatic N) is 1. The van der Waals surface area contributed by atoms with E-state index in [0.29, 0.717) is 47.0 Å². The monoisotopic (exact) mass is 596 g/mol. The number of fused-ring (bicyclic) bond motifs is 3. The van der Waals surface area contributed by atoms with Crippen molar-refractivity contribution in [2.75, 3.05) is 39.3 Å². The van der Waals surface area contributed by atoms with Crippen LogP contribution in [0.5, 0.6) is 0 Å². The molecule has 1 fully saturated rings. The third-order valence-corrected chi connectivity index (χ3v) is 6.84. The summed E-state index contributed by atoms with van der Waals surface area (Å²) in [5.41, 5.74) is 6.08. The van der Waals surface area contributed by atoms with Crippen LogP contribution in [0.3, 0.4) is 0 Å². The van der Waals surface area contributed by atoms with Gasteiger partial charge in [-0.05, 0) is 52.9 Å². The third kappa shape index (κ3) is 7.72. The van der Waals surface area contributed by atoms with Gasteiger partial charge in [0.1, 0.15) is 6.61 Å².